The van der Waals surface area contributed by atoms with E-state index in [1.165, 1.54) is 0 Å². The van der Waals surface area contributed by atoms with Gasteiger partial charge in [-0.05, 0) is 6.20 Å². The fourth-order valence-corrected chi connectivity index (χ4v) is 0.556. The minimum absolute atomic E-state index is 0. The molecular weight excluding hydrogens is 256 g/mol. The zero-order valence-electron chi connectivity index (χ0n) is 6.02. The summed E-state index contributed by atoms with van der Waals surface area (Å²) < 4.78 is 0.968. The van der Waals surface area contributed by atoms with Gasteiger partial charge in [-0.1, -0.05) is 6.20 Å². The maximum Gasteiger partial charge on any atom is 2.00 e. The van der Waals surface area contributed by atoms with E-state index in [1.54, 1.807) is 12.4 Å². The standard InChI is InChI=1S/C5H3BrN.2ClH.Li.Mg/c6-5-2-1-3-7-4-5;;;;/h2-4H;2*1H;;/q-1;;;+1;+2/p-2. The number of nitrogens with zero attached hydrogens (tertiary/aromatic N) is 1. The summed E-state index contributed by atoms with van der Waals surface area (Å²) in [5, 5.41) is 0. The van der Waals surface area contributed by atoms with E-state index in [1.807, 2.05) is 6.07 Å². The molecule has 0 radical (unpaired) electrons. The van der Waals surface area contributed by atoms with Crippen molar-refractivity contribution < 1.29 is 43.7 Å². The van der Waals surface area contributed by atoms with Gasteiger partial charge in [-0.15, -0.1) is 4.47 Å². The second-order valence-corrected chi connectivity index (χ2v) is 2.02. The van der Waals surface area contributed by atoms with Crippen LogP contribution in [0.5, 0.6) is 0 Å². The zero-order chi connectivity index (χ0) is 5.11. The first-order chi connectivity index (χ1) is 3.39. The molecule has 0 unspecified atom stereocenters. The van der Waals surface area contributed by atoms with Crippen LogP contribution in [0.3, 0.4) is 0 Å². The average molecular weight is 259 g/mol. The minimum Gasteiger partial charge on any atom is -1.00 e. The van der Waals surface area contributed by atoms with Crippen molar-refractivity contribution >= 4 is 39.0 Å². The largest absolute Gasteiger partial charge is 2.00 e. The Balaban J connectivity index is -0.0000000612. The molecule has 0 aromatic carbocycles. The number of hydrogen-bond acceptors (Lipinski definition) is 1. The van der Waals surface area contributed by atoms with Crippen molar-refractivity contribution in [1.82, 2.24) is 4.98 Å². The molecule has 1 nitrogen and oxygen atoms in total. The van der Waals surface area contributed by atoms with Gasteiger partial charge in [-0.2, -0.15) is 15.9 Å². The maximum absolute atomic E-state index is 3.78. The molecule has 0 fully saturated rings. The first-order valence-corrected chi connectivity index (χ1v) is 2.65. The molecule has 11 heavy (non-hydrogen) atoms. The van der Waals surface area contributed by atoms with Crippen LogP contribution in [0.4, 0.5) is 0 Å². The molecule has 1 aromatic rings. The number of hydrogen-bond donors (Lipinski definition) is 0. The Bertz CT molecular complexity index is 154. The molecule has 0 amide bonds. The first kappa shape index (κ1) is 22.9. The molecule has 0 saturated heterocycles. The van der Waals surface area contributed by atoms with E-state index in [0.29, 0.717) is 0 Å². The van der Waals surface area contributed by atoms with Crippen LogP contribution < -0.4 is 43.7 Å². The third-order valence-electron chi connectivity index (χ3n) is 0.568. The second kappa shape index (κ2) is 14.1. The van der Waals surface area contributed by atoms with Gasteiger partial charge in [0.25, 0.3) is 0 Å². The van der Waals surface area contributed by atoms with Crippen LogP contribution in [-0.2, 0) is 0 Å². The average Bonchev–Trinajstić information content (AvgIpc) is 1.69. The molecule has 6 heteroatoms. The molecule has 0 atom stereocenters. The van der Waals surface area contributed by atoms with E-state index in [2.05, 4.69) is 27.0 Å². The molecule has 1 heterocycles. The van der Waals surface area contributed by atoms with Crippen LogP contribution in [0.25, 0.3) is 0 Å². The van der Waals surface area contributed by atoms with Crippen molar-refractivity contribution in [2.24, 2.45) is 0 Å². The van der Waals surface area contributed by atoms with Gasteiger partial charge in [-0.3, -0.25) is 0 Å². The van der Waals surface area contributed by atoms with Gasteiger partial charge in [0.2, 0.25) is 0 Å². The van der Waals surface area contributed by atoms with Gasteiger partial charge in [0.1, 0.15) is 0 Å². The fourth-order valence-electron chi connectivity index (χ4n) is 0.306. The number of aromatic nitrogens is 1. The summed E-state index contributed by atoms with van der Waals surface area (Å²) in [5.41, 5.74) is 0. The molecule has 1 aromatic heterocycles. The van der Waals surface area contributed by atoms with Crippen molar-refractivity contribution in [2.45, 2.75) is 0 Å². The third kappa shape index (κ3) is 11.6. The summed E-state index contributed by atoms with van der Waals surface area (Å²) in [6, 6.07) is 4.62. The summed E-state index contributed by atoms with van der Waals surface area (Å²) in [7, 11) is 0. The van der Waals surface area contributed by atoms with Gasteiger partial charge in [0, 0.05) is 0 Å². The van der Waals surface area contributed by atoms with Gasteiger partial charge in [-0.25, -0.2) is 12.1 Å². The normalized spacial score (nSPS) is 5.55. The topological polar surface area (TPSA) is 12.9 Å². The van der Waals surface area contributed by atoms with Crippen molar-refractivity contribution in [3.63, 3.8) is 0 Å². The summed E-state index contributed by atoms with van der Waals surface area (Å²) in [5.74, 6) is 0. The molecule has 52 valence electrons. The van der Waals surface area contributed by atoms with Crippen molar-refractivity contribution in [3.05, 3.63) is 29.0 Å². The molecule has 0 aliphatic carbocycles. The van der Waals surface area contributed by atoms with Crippen LogP contribution in [0.15, 0.2) is 22.9 Å². The van der Waals surface area contributed by atoms with Crippen LogP contribution in [0.2, 0.25) is 0 Å². The Morgan fingerprint density at radius 1 is 1.36 bits per heavy atom. The Morgan fingerprint density at radius 2 is 1.91 bits per heavy atom. The van der Waals surface area contributed by atoms with E-state index >= 15 is 0 Å². The van der Waals surface area contributed by atoms with Crippen LogP contribution >= 0.6 is 15.9 Å². The van der Waals surface area contributed by atoms with Crippen LogP contribution in [0, 0.1) is 6.07 Å². The smallest absolute Gasteiger partial charge is 1.00 e. The van der Waals surface area contributed by atoms with Gasteiger partial charge < -0.3 is 29.8 Å². The molecule has 0 aliphatic rings. The maximum atomic E-state index is 3.78. The second-order valence-electron chi connectivity index (χ2n) is 1.10. The van der Waals surface area contributed by atoms with Gasteiger partial charge in [0.15, 0.2) is 0 Å². The summed E-state index contributed by atoms with van der Waals surface area (Å²) in [6.45, 7) is 0. The third-order valence-corrected chi connectivity index (χ3v) is 1.00. The van der Waals surface area contributed by atoms with Gasteiger partial charge >= 0.3 is 41.9 Å². The van der Waals surface area contributed by atoms with E-state index in [-0.39, 0.29) is 66.7 Å². The molecule has 0 N–H and O–H groups in total. The number of halogens is 3. The van der Waals surface area contributed by atoms with E-state index in [9.17, 15) is 0 Å². The molecule has 0 bridgehead atoms. The summed E-state index contributed by atoms with van der Waals surface area (Å²) in [4.78, 5) is 3.78. The van der Waals surface area contributed by atoms with Crippen LogP contribution in [-0.4, -0.2) is 28.0 Å². The van der Waals surface area contributed by atoms with Crippen molar-refractivity contribution in [3.8, 4) is 0 Å². The summed E-state index contributed by atoms with van der Waals surface area (Å²) in [6.07, 6.45) is 3.33. The van der Waals surface area contributed by atoms with Gasteiger partial charge in [0.05, 0.1) is 0 Å². The SMILES string of the molecule is Brc1c[c-]cnc1.[Cl-].[Cl-].[Li+].[Mg+2]. The molecular formula is C5H3BrCl2LiMgN. The fraction of sp³-hybridized carbons (Fsp3) is 0. The predicted molar refractivity (Wildman–Crippen MR) is 36.5 cm³/mol. The van der Waals surface area contributed by atoms with Crippen molar-refractivity contribution in [2.75, 3.05) is 0 Å². The Kier molecular flexibility index (Phi) is 29.4. The Morgan fingerprint density at radius 3 is 2.09 bits per heavy atom. The van der Waals surface area contributed by atoms with Crippen LogP contribution in [0.1, 0.15) is 0 Å². The molecule has 0 spiro atoms. The molecule has 0 aliphatic heterocycles. The number of rotatable bonds is 0. The zero-order valence-corrected chi connectivity index (χ0v) is 10.5. The molecule has 0 saturated carbocycles. The van der Waals surface area contributed by atoms with E-state index < -0.39 is 0 Å². The predicted octanol–water partition coefficient (Wildman–Crippen LogP) is -7.72. The Hall–Kier alpha value is 1.57. The molecule has 1 rings (SSSR count). The monoisotopic (exact) mass is 257 g/mol. The first-order valence-electron chi connectivity index (χ1n) is 1.86. The van der Waals surface area contributed by atoms with E-state index in [0.717, 1.165) is 4.47 Å². The van der Waals surface area contributed by atoms with Crippen molar-refractivity contribution in [1.29, 1.82) is 0 Å². The summed E-state index contributed by atoms with van der Waals surface area (Å²) >= 11 is 3.22. The Labute approximate surface area is 115 Å². The minimum atomic E-state index is 0. The quantitative estimate of drug-likeness (QED) is 0.333. The van der Waals surface area contributed by atoms with E-state index in [4.69, 9.17) is 0 Å². The number of pyridine rings is 1.